The number of ketones is 1. The summed E-state index contributed by atoms with van der Waals surface area (Å²) in [5.74, 6) is -0.447. The zero-order chi connectivity index (χ0) is 23.6. The van der Waals surface area contributed by atoms with Gasteiger partial charge >= 0.3 is 6.36 Å². The van der Waals surface area contributed by atoms with E-state index < -0.39 is 12.0 Å². The summed E-state index contributed by atoms with van der Waals surface area (Å²) in [4.78, 5) is 14.8. The molecule has 174 valence electrons. The maximum absolute atomic E-state index is 12.8. The molecule has 0 spiro atoms. The van der Waals surface area contributed by atoms with E-state index in [1.54, 1.807) is 12.1 Å². The van der Waals surface area contributed by atoms with Gasteiger partial charge in [-0.1, -0.05) is 63.2 Å². The summed E-state index contributed by atoms with van der Waals surface area (Å²) in [6.45, 7) is 7.44. The van der Waals surface area contributed by atoms with Gasteiger partial charge in [-0.2, -0.15) is 0 Å². The lowest BCUT2D eigenvalue weighted by atomic mass is 9.83. The lowest BCUT2D eigenvalue weighted by Gasteiger charge is -2.37. The molecule has 0 amide bonds. The summed E-state index contributed by atoms with van der Waals surface area (Å²) in [5.41, 5.74) is 1.06. The highest BCUT2D eigenvalue weighted by atomic mass is 19.4. The van der Waals surface area contributed by atoms with Gasteiger partial charge in [0.2, 0.25) is 0 Å². The van der Waals surface area contributed by atoms with Crippen molar-refractivity contribution in [2.45, 2.75) is 64.0 Å². The Morgan fingerprint density at radius 2 is 1.62 bits per heavy atom. The smallest absolute Gasteiger partial charge is 0.405 e. The van der Waals surface area contributed by atoms with Gasteiger partial charge in [-0.15, -0.1) is 13.2 Å². The Morgan fingerprint density at radius 1 is 1.03 bits per heavy atom. The molecule has 0 unspecified atom stereocenters. The molecular weight excluding hydrogens is 419 g/mol. The molecule has 0 aromatic heterocycles. The fourth-order valence-electron chi connectivity index (χ4n) is 3.93. The predicted molar refractivity (Wildman–Crippen MR) is 116 cm³/mol. The molecule has 1 aliphatic rings. The number of aliphatic hydroxyl groups is 1. The van der Waals surface area contributed by atoms with Gasteiger partial charge in [0.05, 0.1) is 0 Å². The number of likely N-dealkylation sites (tertiary alicyclic amines) is 1. The first-order valence-corrected chi connectivity index (χ1v) is 10.8. The predicted octanol–water partition coefficient (Wildman–Crippen LogP) is 5.02. The van der Waals surface area contributed by atoms with Crippen LogP contribution in [0.3, 0.4) is 0 Å². The molecule has 2 aromatic carbocycles. The van der Waals surface area contributed by atoms with Crippen LogP contribution in [0, 0.1) is 0 Å². The van der Waals surface area contributed by atoms with E-state index in [-0.39, 0.29) is 42.8 Å². The lowest BCUT2D eigenvalue weighted by molar-refractivity contribution is -0.275. The highest BCUT2D eigenvalue weighted by Gasteiger charge is 2.39. The van der Waals surface area contributed by atoms with Gasteiger partial charge in [0, 0.05) is 31.6 Å². The first kappa shape index (κ1) is 24.3. The molecule has 2 aromatic rings. The molecule has 3 rings (SSSR count). The second-order valence-corrected chi connectivity index (χ2v) is 9.51. The zero-order valence-electron chi connectivity index (χ0n) is 18.7. The number of carbonyl (C=O) groups is 1. The second kappa shape index (κ2) is 9.24. The highest BCUT2D eigenvalue weighted by Crippen LogP contribution is 2.30. The molecule has 0 saturated carbocycles. The number of nitrogens with zero attached hydrogens (tertiary/aromatic N) is 1. The minimum Gasteiger partial charge on any atom is -0.405 e. The molecule has 7 heteroatoms. The fourth-order valence-corrected chi connectivity index (χ4v) is 3.93. The quantitative estimate of drug-likeness (QED) is 0.673. The molecule has 0 atom stereocenters. The minimum atomic E-state index is -4.75. The van der Waals surface area contributed by atoms with Crippen molar-refractivity contribution in [2.24, 2.45) is 0 Å². The van der Waals surface area contributed by atoms with Crippen molar-refractivity contribution in [3.05, 3.63) is 65.2 Å². The third-order valence-corrected chi connectivity index (χ3v) is 5.98. The Bertz CT molecular complexity index is 925. The Kier molecular flexibility index (Phi) is 7.00. The number of ether oxygens (including phenoxy) is 1. The normalized spacial score (nSPS) is 17.2. The third kappa shape index (κ3) is 6.33. The standard InChI is InChI=1S/C25H30F3NO3/c1-23(2,3)20-10-8-18(9-11-20)16-22(30)24(31)12-14-29(15-13-24)17-19-6-4-5-7-21(19)32-25(26,27)28/h4-11,31H,12-17H2,1-3H3. The third-order valence-electron chi connectivity index (χ3n) is 5.98. The van der Waals surface area contributed by atoms with E-state index in [0.29, 0.717) is 18.7 Å². The number of benzene rings is 2. The van der Waals surface area contributed by atoms with Crippen molar-refractivity contribution in [3.8, 4) is 5.75 Å². The Hall–Kier alpha value is -2.38. The van der Waals surface area contributed by atoms with Crippen molar-refractivity contribution < 1.29 is 27.8 Å². The number of hydrogen-bond donors (Lipinski definition) is 1. The molecule has 1 N–H and O–H groups in total. The van der Waals surface area contributed by atoms with Crippen LogP contribution in [0.5, 0.6) is 5.75 Å². The maximum Gasteiger partial charge on any atom is 0.573 e. The summed E-state index contributed by atoms with van der Waals surface area (Å²) in [5, 5.41) is 10.9. The number of hydrogen-bond acceptors (Lipinski definition) is 4. The van der Waals surface area contributed by atoms with E-state index in [4.69, 9.17) is 0 Å². The number of rotatable bonds is 6. The molecule has 1 heterocycles. The maximum atomic E-state index is 12.8. The molecule has 0 bridgehead atoms. The number of carbonyl (C=O) groups excluding carboxylic acids is 1. The molecule has 0 aliphatic carbocycles. The molecule has 1 saturated heterocycles. The lowest BCUT2D eigenvalue weighted by Crippen LogP contribution is -2.49. The Labute approximate surface area is 187 Å². The van der Waals surface area contributed by atoms with E-state index in [1.165, 1.54) is 17.7 Å². The van der Waals surface area contributed by atoms with Crippen molar-refractivity contribution >= 4 is 5.78 Å². The summed E-state index contributed by atoms with van der Waals surface area (Å²) in [7, 11) is 0. The van der Waals surface area contributed by atoms with E-state index in [9.17, 15) is 23.1 Å². The SMILES string of the molecule is CC(C)(C)c1ccc(CC(=O)C2(O)CCN(Cc3ccccc3OC(F)(F)F)CC2)cc1. The fraction of sp³-hybridized carbons (Fsp3) is 0.480. The molecule has 4 nitrogen and oxygen atoms in total. The summed E-state index contributed by atoms with van der Waals surface area (Å²) in [6, 6.07) is 13.9. The van der Waals surface area contributed by atoms with Crippen molar-refractivity contribution in [2.75, 3.05) is 13.1 Å². The van der Waals surface area contributed by atoms with E-state index >= 15 is 0 Å². The second-order valence-electron chi connectivity index (χ2n) is 9.51. The van der Waals surface area contributed by atoms with Gasteiger partial charge in [0.15, 0.2) is 5.78 Å². The Balaban J connectivity index is 1.58. The van der Waals surface area contributed by atoms with E-state index in [0.717, 1.165) is 5.56 Å². The van der Waals surface area contributed by atoms with Crippen LogP contribution in [-0.2, 0) is 23.2 Å². The van der Waals surface area contributed by atoms with E-state index in [1.807, 2.05) is 29.2 Å². The molecule has 32 heavy (non-hydrogen) atoms. The van der Waals surface area contributed by atoms with Crippen LogP contribution >= 0.6 is 0 Å². The van der Waals surface area contributed by atoms with Crippen LogP contribution in [0.2, 0.25) is 0 Å². The van der Waals surface area contributed by atoms with Crippen LogP contribution in [0.15, 0.2) is 48.5 Å². The summed E-state index contributed by atoms with van der Waals surface area (Å²) in [6.07, 6.45) is -4.11. The average Bonchev–Trinajstić information content (AvgIpc) is 2.70. The number of halogens is 3. The van der Waals surface area contributed by atoms with Crippen LogP contribution < -0.4 is 4.74 Å². The van der Waals surface area contributed by atoms with Gasteiger partial charge in [-0.3, -0.25) is 9.69 Å². The van der Waals surface area contributed by atoms with Crippen molar-refractivity contribution in [1.29, 1.82) is 0 Å². The number of alkyl halides is 3. The molecule has 1 fully saturated rings. The average molecular weight is 450 g/mol. The van der Waals surface area contributed by atoms with Gasteiger partial charge < -0.3 is 9.84 Å². The first-order chi connectivity index (χ1) is 14.9. The first-order valence-electron chi connectivity index (χ1n) is 10.8. The molecule has 1 aliphatic heterocycles. The topological polar surface area (TPSA) is 49.8 Å². The monoisotopic (exact) mass is 449 g/mol. The molecular formula is C25H30F3NO3. The Morgan fingerprint density at radius 3 is 2.19 bits per heavy atom. The van der Waals surface area contributed by atoms with Gasteiger partial charge in [0.1, 0.15) is 11.4 Å². The number of piperidine rings is 1. The zero-order valence-corrected chi connectivity index (χ0v) is 18.7. The highest BCUT2D eigenvalue weighted by molar-refractivity contribution is 5.89. The van der Waals surface area contributed by atoms with Crippen molar-refractivity contribution in [1.82, 2.24) is 4.90 Å². The van der Waals surface area contributed by atoms with Crippen LogP contribution in [0.25, 0.3) is 0 Å². The van der Waals surface area contributed by atoms with E-state index in [2.05, 4.69) is 25.5 Å². The van der Waals surface area contributed by atoms with Crippen LogP contribution in [0.4, 0.5) is 13.2 Å². The van der Waals surface area contributed by atoms with Crippen molar-refractivity contribution in [3.63, 3.8) is 0 Å². The molecule has 0 radical (unpaired) electrons. The van der Waals surface area contributed by atoms with Gasteiger partial charge in [-0.05, 0) is 35.4 Å². The minimum absolute atomic E-state index is 0.0251. The number of para-hydroxylation sites is 1. The van der Waals surface area contributed by atoms with Gasteiger partial charge in [0.25, 0.3) is 0 Å². The summed E-state index contributed by atoms with van der Waals surface area (Å²) < 4.78 is 42.0. The van der Waals surface area contributed by atoms with Crippen LogP contribution in [-0.4, -0.2) is 40.8 Å². The summed E-state index contributed by atoms with van der Waals surface area (Å²) >= 11 is 0. The largest absolute Gasteiger partial charge is 0.573 e. The van der Waals surface area contributed by atoms with Crippen LogP contribution in [0.1, 0.15) is 50.3 Å². The number of Topliss-reactive ketones (excluding diaryl/α,β-unsaturated/α-hetero) is 1. The van der Waals surface area contributed by atoms with Gasteiger partial charge in [-0.25, -0.2) is 0 Å².